The van der Waals surface area contributed by atoms with Gasteiger partial charge in [0.05, 0.1) is 11.5 Å². The highest BCUT2D eigenvalue weighted by molar-refractivity contribution is 6.06. The van der Waals surface area contributed by atoms with Crippen LogP contribution in [0.1, 0.15) is 59.4 Å². The van der Waals surface area contributed by atoms with E-state index in [1.54, 1.807) is 13.0 Å². The van der Waals surface area contributed by atoms with Crippen molar-refractivity contribution in [3.05, 3.63) is 29.8 Å². The number of amides is 3. The molecule has 0 saturated carbocycles. The molecule has 36 heavy (non-hydrogen) atoms. The monoisotopic (exact) mass is 501 g/mol. The number of nitrogens with zero attached hydrogens (tertiary/aromatic N) is 4. The number of benzene rings is 1. The van der Waals surface area contributed by atoms with Gasteiger partial charge >= 0.3 is 0 Å². The lowest BCUT2D eigenvalue weighted by Gasteiger charge is -2.36. The van der Waals surface area contributed by atoms with E-state index in [9.17, 15) is 24.0 Å². The molecule has 0 radical (unpaired) electrons. The van der Waals surface area contributed by atoms with Crippen molar-refractivity contribution in [2.24, 2.45) is 0 Å². The molecule has 1 aromatic rings. The zero-order valence-corrected chi connectivity index (χ0v) is 22.6. The molecule has 1 heterocycles. The van der Waals surface area contributed by atoms with E-state index in [1.165, 1.54) is 37.7 Å². The molecule has 0 fully saturated rings. The van der Waals surface area contributed by atoms with E-state index in [-0.39, 0.29) is 31.1 Å². The Bertz CT molecular complexity index is 998. The first-order valence-corrected chi connectivity index (χ1v) is 12.5. The predicted octanol–water partition coefficient (Wildman–Crippen LogP) is 3.33. The first-order chi connectivity index (χ1) is 16.8. The fourth-order valence-electron chi connectivity index (χ4n) is 4.70. The maximum atomic E-state index is 14.8. The first kappa shape index (κ1) is 29.2. The second-order valence-electron chi connectivity index (χ2n) is 10.4. The maximum Gasteiger partial charge on any atom is 0.246 e. The molecule has 1 aliphatic rings. The number of hydrogen-bond acceptors (Lipinski definition) is 5. The summed E-state index contributed by atoms with van der Waals surface area (Å²) >= 11 is 0. The molecule has 0 aliphatic carbocycles. The van der Waals surface area contributed by atoms with Crippen molar-refractivity contribution in [2.45, 2.75) is 77.0 Å². The van der Waals surface area contributed by atoms with Crippen molar-refractivity contribution in [1.82, 2.24) is 14.7 Å². The van der Waals surface area contributed by atoms with Crippen LogP contribution in [0, 0.1) is 11.3 Å². The second kappa shape index (κ2) is 11.8. The molecule has 1 aliphatic heterocycles. The largest absolute Gasteiger partial charge is 0.334 e. The standard InChI is InChI=1S/C27H40FN5O3/c1-8-33(9-2)15-14-23(34)32(7)22(17-26(3,4)28)24(35)31(6)19(18-29)16-27(5)20-12-10-11-13-21(20)30-25(27)36/h10-13,19,22H,8-9,14-17H2,1-7H3,(H,30,36)/t19-,22-,27+/m0/s1. The second-order valence-corrected chi connectivity index (χ2v) is 10.4. The molecular formula is C27H40FN5O3. The van der Waals surface area contributed by atoms with E-state index in [2.05, 4.69) is 16.3 Å². The number of carbonyl (C=O) groups is 3. The Morgan fingerprint density at radius 3 is 2.33 bits per heavy atom. The van der Waals surface area contributed by atoms with Gasteiger partial charge in [-0.2, -0.15) is 5.26 Å². The summed E-state index contributed by atoms with van der Waals surface area (Å²) in [7, 11) is 2.99. The molecule has 1 N–H and O–H groups in total. The molecule has 0 aromatic heterocycles. The Morgan fingerprint density at radius 1 is 1.17 bits per heavy atom. The molecule has 8 nitrogen and oxygen atoms in total. The minimum absolute atomic E-state index is 0.0694. The quantitative estimate of drug-likeness (QED) is 0.474. The lowest BCUT2D eigenvalue weighted by molar-refractivity contribution is -0.146. The van der Waals surface area contributed by atoms with Gasteiger partial charge in [0.15, 0.2) is 0 Å². The van der Waals surface area contributed by atoms with Crippen LogP contribution in [0.25, 0.3) is 0 Å². The lowest BCUT2D eigenvalue weighted by Crippen LogP contribution is -2.54. The van der Waals surface area contributed by atoms with Gasteiger partial charge < -0.3 is 20.0 Å². The van der Waals surface area contributed by atoms with Crippen LogP contribution in [-0.2, 0) is 19.8 Å². The fraction of sp³-hybridized carbons (Fsp3) is 0.630. The van der Waals surface area contributed by atoms with Gasteiger partial charge in [0.25, 0.3) is 0 Å². The molecular weight excluding hydrogens is 461 g/mol. The first-order valence-electron chi connectivity index (χ1n) is 12.5. The summed E-state index contributed by atoms with van der Waals surface area (Å²) in [6, 6.07) is 7.39. The van der Waals surface area contributed by atoms with E-state index in [0.717, 1.165) is 18.7 Å². The number of hydrogen-bond donors (Lipinski definition) is 1. The molecule has 0 spiro atoms. The Kier molecular flexibility index (Phi) is 9.61. The van der Waals surface area contributed by atoms with E-state index >= 15 is 0 Å². The summed E-state index contributed by atoms with van der Waals surface area (Å²) in [5.74, 6) is -1.03. The zero-order valence-electron chi connectivity index (χ0n) is 22.6. The minimum Gasteiger partial charge on any atom is -0.334 e. The zero-order chi connectivity index (χ0) is 27.3. The molecule has 198 valence electrons. The van der Waals surface area contributed by atoms with Gasteiger partial charge in [-0.05, 0) is 51.9 Å². The van der Waals surface area contributed by atoms with Crippen LogP contribution in [0.4, 0.5) is 10.1 Å². The third kappa shape index (κ3) is 6.61. The van der Waals surface area contributed by atoms with Gasteiger partial charge in [-0.3, -0.25) is 14.4 Å². The van der Waals surface area contributed by atoms with Crippen LogP contribution >= 0.6 is 0 Å². The van der Waals surface area contributed by atoms with Crippen molar-refractivity contribution in [3.63, 3.8) is 0 Å². The number of likely N-dealkylation sites (N-methyl/N-ethyl adjacent to an activating group) is 2. The third-order valence-corrected chi connectivity index (χ3v) is 7.20. The summed E-state index contributed by atoms with van der Waals surface area (Å²) in [6.07, 6.45) is 0.0669. The smallest absolute Gasteiger partial charge is 0.246 e. The molecule has 2 rings (SSSR count). The molecule has 9 heteroatoms. The summed E-state index contributed by atoms with van der Waals surface area (Å²) in [4.78, 5) is 44.1. The molecule has 3 amide bonds. The number of para-hydroxylation sites is 1. The number of carbonyl (C=O) groups excluding carboxylic acids is 3. The van der Waals surface area contributed by atoms with Crippen molar-refractivity contribution >= 4 is 23.4 Å². The molecule has 0 unspecified atom stereocenters. The van der Waals surface area contributed by atoms with Crippen molar-refractivity contribution in [2.75, 3.05) is 39.0 Å². The van der Waals surface area contributed by atoms with Gasteiger partial charge in [-0.25, -0.2) is 4.39 Å². The highest BCUT2D eigenvalue weighted by Crippen LogP contribution is 2.41. The summed E-state index contributed by atoms with van der Waals surface area (Å²) in [5.41, 5.74) is -1.27. The number of halogens is 1. The van der Waals surface area contributed by atoms with Gasteiger partial charge in [0, 0.05) is 39.2 Å². The van der Waals surface area contributed by atoms with Crippen molar-refractivity contribution in [3.8, 4) is 6.07 Å². The number of nitrogens with one attached hydrogen (secondary N) is 1. The van der Waals surface area contributed by atoms with Crippen LogP contribution in [-0.4, -0.2) is 83.9 Å². The van der Waals surface area contributed by atoms with Crippen LogP contribution in [0.3, 0.4) is 0 Å². The highest BCUT2D eigenvalue weighted by atomic mass is 19.1. The normalized spacial score (nSPS) is 18.7. The van der Waals surface area contributed by atoms with E-state index < -0.39 is 29.1 Å². The Balaban J connectivity index is 2.26. The summed E-state index contributed by atoms with van der Waals surface area (Å²) < 4.78 is 14.8. The third-order valence-electron chi connectivity index (χ3n) is 7.20. The number of rotatable bonds is 12. The van der Waals surface area contributed by atoms with Crippen molar-refractivity contribution in [1.29, 1.82) is 5.26 Å². The maximum absolute atomic E-state index is 14.8. The highest BCUT2D eigenvalue weighted by Gasteiger charge is 2.46. The number of nitriles is 1. The lowest BCUT2D eigenvalue weighted by atomic mass is 9.78. The van der Waals surface area contributed by atoms with Gasteiger partial charge in [0.2, 0.25) is 17.7 Å². The Morgan fingerprint density at radius 2 is 1.78 bits per heavy atom. The van der Waals surface area contributed by atoms with Crippen LogP contribution in [0.2, 0.25) is 0 Å². The average Bonchev–Trinajstić information content (AvgIpc) is 3.09. The Labute approximate surface area is 214 Å². The molecule has 0 saturated heterocycles. The number of alkyl halides is 1. The summed E-state index contributed by atoms with van der Waals surface area (Å²) in [5, 5.41) is 12.8. The van der Waals surface area contributed by atoms with Crippen LogP contribution < -0.4 is 5.32 Å². The van der Waals surface area contributed by atoms with E-state index in [0.29, 0.717) is 12.2 Å². The van der Waals surface area contributed by atoms with Gasteiger partial charge in [0.1, 0.15) is 17.8 Å². The van der Waals surface area contributed by atoms with Gasteiger partial charge in [-0.1, -0.05) is 32.0 Å². The topological polar surface area (TPSA) is 96.8 Å². The summed E-state index contributed by atoms with van der Waals surface area (Å²) in [6.45, 7) is 10.6. The van der Waals surface area contributed by atoms with Crippen LogP contribution in [0.5, 0.6) is 0 Å². The van der Waals surface area contributed by atoms with E-state index in [4.69, 9.17) is 0 Å². The number of anilines is 1. The molecule has 3 atom stereocenters. The van der Waals surface area contributed by atoms with Gasteiger partial charge in [-0.15, -0.1) is 0 Å². The molecule has 0 bridgehead atoms. The minimum atomic E-state index is -1.72. The molecule has 1 aromatic carbocycles. The van der Waals surface area contributed by atoms with Crippen molar-refractivity contribution < 1.29 is 18.8 Å². The average molecular weight is 502 g/mol. The SMILES string of the molecule is CCN(CC)CCC(=O)N(C)[C@@H](CC(C)(C)F)C(=O)N(C)[C@H](C#N)C[C@@]1(C)C(=O)Nc2ccccc21. The fourth-order valence-corrected chi connectivity index (χ4v) is 4.70. The van der Waals surface area contributed by atoms with Crippen LogP contribution in [0.15, 0.2) is 24.3 Å². The van der Waals surface area contributed by atoms with E-state index in [1.807, 2.05) is 32.0 Å². The number of fused-ring (bicyclic) bond motifs is 1. The predicted molar refractivity (Wildman–Crippen MR) is 138 cm³/mol. The Hall–Kier alpha value is -2.99.